The monoisotopic (exact) mass is 328 g/mol. The molecule has 88 valence electrons. The third-order valence-electron chi connectivity index (χ3n) is 1.97. The molecule has 2 rings (SSSR count). The lowest BCUT2D eigenvalue weighted by molar-refractivity contribution is 1.61. The molecule has 0 bridgehead atoms. The van der Waals surface area contributed by atoms with Crippen molar-refractivity contribution < 1.29 is 5.48 Å². The Labute approximate surface area is 130 Å². The van der Waals surface area contributed by atoms with Crippen LogP contribution in [0.15, 0.2) is 30.2 Å². The van der Waals surface area contributed by atoms with Gasteiger partial charge >= 0.3 is 0 Å². The van der Waals surface area contributed by atoms with Crippen LogP contribution in [0.4, 0.5) is 0 Å². The van der Waals surface area contributed by atoms with Gasteiger partial charge < -0.3 is 0 Å². The summed E-state index contributed by atoms with van der Waals surface area (Å²) in [6.45, 7) is 0. The second-order valence-corrected chi connectivity index (χ2v) is 4.96. The van der Waals surface area contributed by atoms with Crippen LogP contribution in [0.3, 0.4) is 0 Å². The Bertz CT molecular complexity index is 731. The predicted octanol–water partition coefficient (Wildman–Crippen LogP) is 6.62. The molecule has 2 aromatic rings. The first-order chi connectivity index (χ1) is 9.68. The number of hydrogen-bond acceptors (Lipinski definition) is 0. The molecule has 0 aliphatic heterocycles. The topological polar surface area (TPSA) is 0 Å². The zero-order valence-corrected chi connectivity index (χ0v) is 11.7. The average molecular weight is 330 g/mol. The van der Waals surface area contributed by atoms with Gasteiger partial charge in [-0.2, -0.15) is 0 Å². The lowest BCUT2D eigenvalue weighted by Gasteiger charge is -2.09. The molecule has 0 spiro atoms. The second kappa shape index (κ2) is 5.26. The van der Waals surface area contributed by atoms with Crippen LogP contribution in [-0.4, -0.2) is 0 Å². The van der Waals surface area contributed by atoms with Gasteiger partial charge in [-0.05, 0) is 23.7 Å². The van der Waals surface area contributed by atoms with Crippen LogP contribution >= 0.6 is 58.0 Å². The van der Waals surface area contributed by atoms with Crippen molar-refractivity contribution in [3.05, 3.63) is 55.3 Å². The van der Waals surface area contributed by atoms with Crippen LogP contribution in [0.25, 0.3) is 11.1 Å². The summed E-state index contributed by atoms with van der Waals surface area (Å²) in [4.78, 5) is 0. The fourth-order valence-electron chi connectivity index (χ4n) is 1.19. The molecule has 0 radical (unpaired) electrons. The van der Waals surface area contributed by atoms with Gasteiger partial charge in [0.2, 0.25) is 0 Å². The van der Waals surface area contributed by atoms with Gasteiger partial charge in [-0.3, -0.25) is 0 Å². The minimum Gasteiger partial charge on any atom is -0.0843 e. The van der Waals surface area contributed by atoms with Gasteiger partial charge in [0.15, 0.2) is 0 Å². The SMILES string of the molecule is [2H]c1c([2H])c(-c2cc(Cl)c(Cl)c(Cl)c2Cl)c([2H])c([2H])c1Cl. The molecule has 0 N–H and O–H groups in total. The Morgan fingerprint density at radius 1 is 0.765 bits per heavy atom. The summed E-state index contributed by atoms with van der Waals surface area (Å²) in [5, 5.41) is -0.151. The molecule has 2 aromatic carbocycles. The fourth-order valence-corrected chi connectivity index (χ4v) is 2.18. The molecule has 0 heterocycles. The zero-order chi connectivity index (χ0) is 16.1. The molecular formula is C12H5Cl5. The largest absolute Gasteiger partial charge is 0.0843 e. The first kappa shape index (κ1) is 8.90. The highest BCUT2D eigenvalue weighted by Crippen LogP contribution is 2.42. The van der Waals surface area contributed by atoms with E-state index in [-0.39, 0.29) is 60.4 Å². The molecule has 0 aliphatic carbocycles. The minimum atomic E-state index is -0.370. The number of benzene rings is 2. The first-order valence-corrected chi connectivity index (χ1v) is 6.16. The van der Waals surface area contributed by atoms with Crippen molar-refractivity contribution in [2.24, 2.45) is 0 Å². The van der Waals surface area contributed by atoms with E-state index >= 15 is 0 Å². The van der Waals surface area contributed by atoms with Gasteiger partial charge in [0.1, 0.15) is 0 Å². The molecule has 0 saturated carbocycles. The van der Waals surface area contributed by atoms with E-state index in [9.17, 15) is 0 Å². The highest BCUT2D eigenvalue weighted by atomic mass is 35.5. The van der Waals surface area contributed by atoms with Crippen LogP contribution in [0.1, 0.15) is 5.48 Å². The van der Waals surface area contributed by atoms with Crippen molar-refractivity contribution >= 4 is 58.0 Å². The standard InChI is InChI=1S/C12H5Cl5/c13-7-3-1-6(2-4-7)8-5-9(14)11(16)12(17)10(8)15/h1-5H/i1D,2D,3D,4D. The van der Waals surface area contributed by atoms with E-state index in [2.05, 4.69) is 0 Å². The third-order valence-corrected chi connectivity index (χ3v) is 3.91. The van der Waals surface area contributed by atoms with E-state index in [1.165, 1.54) is 6.07 Å². The lowest BCUT2D eigenvalue weighted by atomic mass is 10.1. The molecular weight excluding hydrogens is 321 g/mol. The Kier molecular flexibility index (Phi) is 2.75. The van der Waals surface area contributed by atoms with Crippen LogP contribution in [0.5, 0.6) is 0 Å². The Morgan fingerprint density at radius 3 is 1.94 bits per heavy atom. The van der Waals surface area contributed by atoms with Crippen molar-refractivity contribution in [2.75, 3.05) is 0 Å². The van der Waals surface area contributed by atoms with E-state index in [0.29, 0.717) is 0 Å². The summed E-state index contributed by atoms with van der Waals surface area (Å²) in [5.41, 5.74) is 0.115. The highest BCUT2D eigenvalue weighted by Gasteiger charge is 2.14. The van der Waals surface area contributed by atoms with Crippen LogP contribution < -0.4 is 0 Å². The van der Waals surface area contributed by atoms with Crippen LogP contribution in [-0.2, 0) is 0 Å². The van der Waals surface area contributed by atoms with Gasteiger partial charge in [-0.1, -0.05) is 70.1 Å². The quantitative estimate of drug-likeness (QED) is 0.407. The average Bonchev–Trinajstić information content (AvgIpc) is 2.46. The molecule has 0 unspecified atom stereocenters. The van der Waals surface area contributed by atoms with Crippen molar-refractivity contribution in [1.82, 2.24) is 0 Å². The molecule has 0 fully saturated rings. The highest BCUT2D eigenvalue weighted by molar-refractivity contribution is 6.52. The van der Waals surface area contributed by atoms with Crippen LogP contribution in [0, 0.1) is 0 Å². The first-order valence-electron chi connectivity index (χ1n) is 6.27. The maximum Gasteiger partial charge on any atom is 0.0800 e. The van der Waals surface area contributed by atoms with Gasteiger partial charge in [0, 0.05) is 10.6 Å². The zero-order valence-electron chi connectivity index (χ0n) is 12.0. The van der Waals surface area contributed by atoms with Crippen molar-refractivity contribution in [3.63, 3.8) is 0 Å². The maximum absolute atomic E-state index is 7.95. The Hall–Kier alpha value is -0.110. The van der Waals surface area contributed by atoms with E-state index < -0.39 is 0 Å². The van der Waals surface area contributed by atoms with E-state index in [4.69, 9.17) is 63.5 Å². The van der Waals surface area contributed by atoms with Crippen LogP contribution in [0.2, 0.25) is 25.1 Å². The predicted molar refractivity (Wildman–Crippen MR) is 76.9 cm³/mol. The molecule has 0 aliphatic rings. The fraction of sp³-hybridized carbons (Fsp3) is 0. The summed E-state index contributed by atoms with van der Waals surface area (Å²) in [6, 6.07) is -0.0670. The Morgan fingerprint density at radius 2 is 1.35 bits per heavy atom. The smallest absolute Gasteiger partial charge is 0.0800 e. The molecule has 0 saturated heterocycles. The molecule has 5 heteroatoms. The van der Waals surface area contributed by atoms with Gasteiger partial charge in [-0.15, -0.1) is 0 Å². The molecule has 17 heavy (non-hydrogen) atoms. The van der Waals surface area contributed by atoms with Gasteiger partial charge in [0.05, 0.1) is 25.6 Å². The molecule has 0 amide bonds. The summed E-state index contributed by atoms with van der Waals surface area (Å²) in [5.74, 6) is 0. The summed E-state index contributed by atoms with van der Waals surface area (Å²) in [6.07, 6.45) is 0. The van der Waals surface area contributed by atoms with Crippen molar-refractivity contribution in [3.8, 4) is 11.1 Å². The molecule has 0 nitrogen and oxygen atoms in total. The molecule has 0 aromatic heterocycles. The third kappa shape index (κ3) is 2.67. The minimum absolute atomic E-state index is 0.00538. The second-order valence-electron chi connectivity index (χ2n) is 3.04. The molecule has 0 atom stereocenters. The Balaban J connectivity index is 2.93. The van der Waals surface area contributed by atoms with Crippen molar-refractivity contribution in [1.29, 1.82) is 0 Å². The lowest BCUT2D eigenvalue weighted by Crippen LogP contribution is -1.83. The van der Waals surface area contributed by atoms with Gasteiger partial charge in [0.25, 0.3) is 0 Å². The van der Waals surface area contributed by atoms with Crippen molar-refractivity contribution in [2.45, 2.75) is 0 Å². The van der Waals surface area contributed by atoms with E-state index in [1.807, 2.05) is 0 Å². The summed E-state index contributed by atoms with van der Waals surface area (Å²) >= 11 is 29.6. The normalized spacial score (nSPS) is 13.9. The van der Waals surface area contributed by atoms with E-state index in [1.54, 1.807) is 0 Å². The number of hydrogen-bond donors (Lipinski definition) is 0. The van der Waals surface area contributed by atoms with E-state index in [0.717, 1.165) is 0 Å². The summed E-state index contributed by atoms with van der Waals surface area (Å²) in [7, 11) is 0. The van der Waals surface area contributed by atoms with Gasteiger partial charge in [-0.25, -0.2) is 0 Å². The number of rotatable bonds is 1. The maximum atomic E-state index is 7.95. The number of halogens is 5. The summed E-state index contributed by atoms with van der Waals surface area (Å²) < 4.78 is 31.4.